The molecule has 0 radical (unpaired) electrons. The minimum Gasteiger partial charge on any atom is -0.0888 e. The highest BCUT2D eigenvalue weighted by Gasteiger charge is 2.28. The van der Waals surface area contributed by atoms with Crippen molar-refractivity contribution in [1.29, 1.82) is 0 Å². The predicted molar refractivity (Wildman–Crippen MR) is 67.9 cm³/mol. The van der Waals surface area contributed by atoms with E-state index in [0.29, 0.717) is 0 Å². The first-order chi connectivity index (χ1) is 6.75. The molecule has 14 heavy (non-hydrogen) atoms. The third kappa shape index (κ3) is 3.09. The van der Waals surface area contributed by atoms with Gasteiger partial charge in [-0.2, -0.15) is 0 Å². The first-order valence-corrected chi connectivity index (χ1v) is 6.85. The molecule has 76 valence electrons. The van der Waals surface area contributed by atoms with E-state index < -0.39 is 0 Å². The lowest BCUT2D eigenvalue weighted by Gasteiger charge is -2.07. The Kier molecular flexibility index (Phi) is 3.67. The summed E-state index contributed by atoms with van der Waals surface area (Å²) in [5.74, 6) is 0.963. The van der Waals surface area contributed by atoms with Gasteiger partial charge in [0.2, 0.25) is 0 Å². The molecule has 1 fully saturated rings. The first-order valence-electron chi connectivity index (χ1n) is 5.14. The van der Waals surface area contributed by atoms with Crippen molar-refractivity contribution in [2.75, 3.05) is 0 Å². The van der Waals surface area contributed by atoms with Crippen LogP contribution in [0.2, 0.25) is 0 Å². The Morgan fingerprint density at radius 2 is 1.86 bits per heavy atom. The number of hydrogen-bond donors (Lipinski definition) is 0. The van der Waals surface area contributed by atoms with Crippen molar-refractivity contribution in [3.63, 3.8) is 0 Å². The summed E-state index contributed by atoms with van der Waals surface area (Å²) in [5.41, 5.74) is 1.44. The number of rotatable bonds is 4. The molecule has 0 bridgehead atoms. The number of halogens is 2. The van der Waals surface area contributed by atoms with E-state index in [9.17, 15) is 0 Å². The standard InChI is InChI=1S/C12H14Br2/c13-11-6-1-9(2-7-11)3-8-12(14)10-4-5-10/h1-2,6-7,10,12H,3-5,8H2. The van der Waals surface area contributed by atoms with Crippen molar-refractivity contribution < 1.29 is 0 Å². The zero-order chi connectivity index (χ0) is 9.97. The van der Waals surface area contributed by atoms with Crippen molar-refractivity contribution in [2.24, 2.45) is 5.92 Å². The minimum atomic E-state index is 0.742. The number of benzene rings is 1. The largest absolute Gasteiger partial charge is 0.0888 e. The Hall–Kier alpha value is 0.180. The van der Waals surface area contributed by atoms with Gasteiger partial charge in [0.1, 0.15) is 0 Å². The van der Waals surface area contributed by atoms with Crippen molar-refractivity contribution >= 4 is 31.9 Å². The summed E-state index contributed by atoms with van der Waals surface area (Å²) < 4.78 is 1.17. The molecule has 1 aliphatic rings. The molecule has 1 atom stereocenters. The summed E-state index contributed by atoms with van der Waals surface area (Å²) in [7, 11) is 0. The quantitative estimate of drug-likeness (QED) is 0.714. The molecule has 0 saturated heterocycles. The Morgan fingerprint density at radius 1 is 1.21 bits per heavy atom. The minimum absolute atomic E-state index is 0.742. The Bertz CT molecular complexity index is 288. The molecule has 1 saturated carbocycles. The second-order valence-electron chi connectivity index (χ2n) is 4.02. The van der Waals surface area contributed by atoms with Gasteiger partial charge in [-0.1, -0.05) is 44.0 Å². The highest BCUT2D eigenvalue weighted by atomic mass is 79.9. The SMILES string of the molecule is Brc1ccc(CCC(Br)C2CC2)cc1. The van der Waals surface area contributed by atoms with Crippen LogP contribution < -0.4 is 0 Å². The zero-order valence-corrected chi connectivity index (χ0v) is 11.2. The van der Waals surface area contributed by atoms with Gasteiger partial charge in [-0.15, -0.1) is 0 Å². The van der Waals surface area contributed by atoms with Gasteiger partial charge in [0.05, 0.1) is 0 Å². The molecular weight excluding hydrogens is 304 g/mol. The van der Waals surface area contributed by atoms with Crippen molar-refractivity contribution in [2.45, 2.75) is 30.5 Å². The summed E-state index contributed by atoms with van der Waals surface area (Å²) in [5, 5.41) is 0. The molecule has 0 aliphatic heterocycles. The summed E-state index contributed by atoms with van der Waals surface area (Å²) in [4.78, 5) is 0.742. The van der Waals surface area contributed by atoms with Crippen LogP contribution in [-0.2, 0) is 6.42 Å². The normalized spacial score (nSPS) is 18.1. The van der Waals surface area contributed by atoms with Gasteiger partial charge in [0.25, 0.3) is 0 Å². The smallest absolute Gasteiger partial charge is 0.0177 e. The molecule has 1 aromatic carbocycles. The van der Waals surface area contributed by atoms with Crippen LogP contribution >= 0.6 is 31.9 Å². The molecule has 1 unspecified atom stereocenters. The van der Waals surface area contributed by atoms with Gasteiger partial charge in [-0.3, -0.25) is 0 Å². The first kappa shape index (κ1) is 10.7. The van der Waals surface area contributed by atoms with E-state index in [1.165, 1.54) is 35.7 Å². The Balaban J connectivity index is 1.82. The van der Waals surface area contributed by atoms with Gasteiger partial charge in [-0.25, -0.2) is 0 Å². The van der Waals surface area contributed by atoms with Crippen LogP contribution in [0.5, 0.6) is 0 Å². The number of alkyl halides is 1. The van der Waals surface area contributed by atoms with E-state index in [0.717, 1.165) is 10.7 Å². The van der Waals surface area contributed by atoms with E-state index >= 15 is 0 Å². The van der Waals surface area contributed by atoms with E-state index in [4.69, 9.17) is 0 Å². The summed E-state index contributed by atoms with van der Waals surface area (Å²) >= 11 is 7.22. The lowest BCUT2D eigenvalue weighted by Crippen LogP contribution is -2.02. The van der Waals surface area contributed by atoms with Gasteiger partial charge in [0, 0.05) is 9.30 Å². The average Bonchev–Trinajstić information content (AvgIpc) is 3.00. The van der Waals surface area contributed by atoms with Gasteiger partial charge >= 0.3 is 0 Å². The second-order valence-corrected chi connectivity index (χ2v) is 6.11. The van der Waals surface area contributed by atoms with Crippen LogP contribution in [0.25, 0.3) is 0 Å². The topological polar surface area (TPSA) is 0 Å². The average molecular weight is 318 g/mol. The third-order valence-electron chi connectivity index (χ3n) is 2.76. The Labute approximate surface area is 102 Å². The van der Waals surface area contributed by atoms with Crippen molar-refractivity contribution in [3.8, 4) is 0 Å². The summed E-state index contributed by atoms with van der Waals surface area (Å²) in [6.45, 7) is 0. The second kappa shape index (κ2) is 4.80. The third-order valence-corrected chi connectivity index (χ3v) is 4.49. The molecule has 2 rings (SSSR count). The van der Waals surface area contributed by atoms with Crippen LogP contribution in [-0.4, -0.2) is 4.83 Å². The van der Waals surface area contributed by atoms with Crippen LogP contribution in [0.15, 0.2) is 28.7 Å². The maximum absolute atomic E-state index is 3.77. The fraction of sp³-hybridized carbons (Fsp3) is 0.500. The molecular formula is C12H14Br2. The van der Waals surface area contributed by atoms with Crippen LogP contribution in [0, 0.1) is 5.92 Å². The number of aryl methyl sites for hydroxylation is 1. The molecule has 0 heterocycles. The lowest BCUT2D eigenvalue weighted by molar-refractivity contribution is 0.696. The van der Waals surface area contributed by atoms with Gasteiger partial charge < -0.3 is 0 Å². The fourth-order valence-corrected chi connectivity index (χ4v) is 2.67. The van der Waals surface area contributed by atoms with Gasteiger partial charge in [0.15, 0.2) is 0 Å². The maximum atomic E-state index is 3.77. The summed E-state index contributed by atoms with van der Waals surface area (Å²) in [6, 6.07) is 8.65. The summed E-state index contributed by atoms with van der Waals surface area (Å²) in [6.07, 6.45) is 5.32. The molecule has 2 heteroatoms. The maximum Gasteiger partial charge on any atom is 0.0177 e. The molecule has 1 aromatic rings. The molecule has 0 spiro atoms. The van der Waals surface area contributed by atoms with Crippen molar-refractivity contribution in [3.05, 3.63) is 34.3 Å². The van der Waals surface area contributed by atoms with E-state index in [2.05, 4.69) is 56.1 Å². The molecule has 0 N–H and O–H groups in total. The van der Waals surface area contributed by atoms with Crippen LogP contribution in [0.4, 0.5) is 0 Å². The number of hydrogen-bond acceptors (Lipinski definition) is 0. The van der Waals surface area contributed by atoms with Crippen LogP contribution in [0.3, 0.4) is 0 Å². The van der Waals surface area contributed by atoms with E-state index in [1.54, 1.807) is 0 Å². The molecule has 0 aromatic heterocycles. The molecule has 0 nitrogen and oxygen atoms in total. The zero-order valence-electron chi connectivity index (χ0n) is 8.05. The molecule has 1 aliphatic carbocycles. The van der Waals surface area contributed by atoms with Gasteiger partial charge in [-0.05, 0) is 49.3 Å². The highest BCUT2D eigenvalue weighted by Crippen LogP contribution is 2.38. The van der Waals surface area contributed by atoms with E-state index in [-0.39, 0.29) is 0 Å². The monoisotopic (exact) mass is 316 g/mol. The molecule has 0 amide bonds. The van der Waals surface area contributed by atoms with Crippen molar-refractivity contribution in [1.82, 2.24) is 0 Å². The Morgan fingerprint density at radius 3 is 2.43 bits per heavy atom. The highest BCUT2D eigenvalue weighted by molar-refractivity contribution is 9.10. The predicted octanol–water partition coefficient (Wildman–Crippen LogP) is 4.56. The van der Waals surface area contributed by atoms with E-state index in [1.807, 2.05) is 0 Å². The lowest BCUT2D eigenvalue weighted by atomic mass is 10.1. The fourth-order valence-electron chi connectivity index (χ4n) is 1.65. The van der Waals surface area contributed by atoms with Crippen LogP contribution in [0.1, 0.15) is 24.8 Å².